The van der Waals surface area contributed by atoms with E-state index in [1.54, 1.807) is 6.33 Å². The van der Waals surface area contributed by atoms with Gasteiger partial charge >= 0.3 is 0 Å². The molecule has 0 aliphatic carbocycles. The zero-order valence-corrected chi connectivity index (χ0v) is 16.3. The Kier molecular flexibility index (Phi) is 4.94. The Balaban J connectivity index is 1.79. The topological polar surface area (TPSA) is 71.0 Å². The largest absolute Gasteiger partial charge is 0.352 e. The van der Waals surface area contributed by atoms with Crippen molar-refractivity contribution in [2.75, 3.05) is 16.8 Å². The third-order valence-corrected chi connectivity index (χ3v) is 4.52. The first kappa shape index (κ1) is 18.3. The number of pyridine rings is 1. The fraction of sp³-hybridized carbons (Fsp3) is 0.500. The quantitative estimate of drug-likeness (QED) is 0.915. The maximum atomic E-state index is 12.3. The second-order valence-electron chi connectivity index (χ2n) is 8.21. The van der Waals surface area contributed by atoms with Crippen molar-refractivity contribution >= 4 is 17.4 Å². The summed E-state index contributed by atoms with van der Waals surface area (Å²) in [5.41, 5.74) is 4.93. The Morgan fingerprint density at radius 2 is 2.08 bits per heavy atom. The Morgan fingerprint density at radius 3 is 2.77 bits per heavy atom. The minimum absolute atomic E-state index is 0.0299. The molecule has 6 nitrogen and oxygen atoms in total. The minimum atomic E-state index is -0.0392. The van der Waals surface area contributed by atoms with Crippen LogP contribution in [0.5, 0.6) is 0 Å². The number of fused-ring (bicyclic) bond motifs is 1. The Morgan fingerprint density at radius 1 is 1.31 bits per heavy atom. The lowest BCUT2D eigenvalue weighted by Gasteiger charge is -2.29. The molecule has 26 heavy (non-hydrogen) atoms. The van der Waals surface area contributed by atoms with Gasteiger partial charge in [-0.1, -0.05) is 20.8 Å². The van der Waals surface area contributed by atoms with Gasteiger partial charge < -0.3 is 10.2 Å². The van der Waals surface area contributed by atoms with E-state index in [0.717, 1.165) is 53.5 Å². The highest BCUT2D eigenvalue weighted by Gasteiger charge is 2.21. The van der Waals surface area contributed by atoms with Crippen LogP contribution in [0.1, 0.15) is 49.7 Å². The van der Waals surface area contributed by atoms with Crippen molar-refractivity contribution in [3.8, 4) is 0 Å². The smallest absolute Gasteiger partial charge is 0.224 e. The first-order chi connectivity index (χ1) is 12.2. The van der Waals surface area contributed by atoms with Gasteiger partial charge in [0.25, 0.3) is 0 Å². The molecule has 1 amide bonds. The van der Waals surface area contributed by atoms with Crippen molar-refractivity contribution in [1.29, 1.82) is 0 Å². The van der Waals surface area contributed by atoms with E-state index >= 15 is 0 Å². The summed E-state index contributed by atoms with van der Waals surface area (Å²) in [7, 11) is 0. The van der Waals surface area contributed by atoms with Gasteiger partial charge in [0.15, 0.2) is 0 Å². The number of nitrogens with zero attached hydrogens (tertiary/aromatic N) is 4. The first-order valence-corrected chi connectivity index (χ1v) is 9.04. The van der Waals surface area contributed by atoms with E-state index in [4.69, 9.17) is 4.98 Å². The number of hydrogen-bond acceptors (Lipinski definition) is 5. The fourth-order valence-electron chi connectivity index (χ4n) is 3.29. The Bertz CT molecular complexity index is 802. The SMILES string of the molecule is Cc1cc(N2CCc3ncncc3C2)nc(C)c1NC(=O)CC(C)(C)C. The molecule has 0 spiro atoms. The van der Waals surface area contributed by atoms with Crippen molar-refractivity contribution in [3.63, 3.8) is 0 Å². The summed E-state index contributed by atoms with van der Waals surface area (Å²) in [5.74, 6) is 0.964. The second kappa shape index (κ2) is 7.02. The lowest BCUT2D eigenvalue weighted by atomic mass is 9.92. The molecule has 0 radical (unpaired) electrons. The van der Waals surface area contributed by atoms with Gasteiger partial charge in [-0.25, -0.2) is 15.0 Å². The number of aromatic nitrogens is 3. The van der Waals surface area contributed by atoms with Crippen LogP contribution in [0.3, 0.4) is 0 Å². The summed E-state index contributed by atoms with van der Waals surface area (Å²) < 4.78 is 0. The van der Waals surface area contributed by atoms with E-state index in [-0.39, 0.29) is 11.3 Å². The highest BCUT2D eigenvalue weighted by Crippen LogP contribution is 2.28. The molecule has 1 aliphatic heterocycles. The molecule has 3 heterocycles. The number of hydrogen-bond donors (Lipinski definition) is 1. The summed E-state index contributed by atoms with van der Waals surface area (Å²) in [4.78, 5) is 27.8. The minimum Gasteiger partial charge on any atom is -0.352 e. The third kappa shape index (κ3) is 4.18. The summed E-state index contributed by atoms with van der Waals surface area (Å²) in [6.07, 6.45) is 4.86. The van der Waals surface area contributed by atoms with E-state index < -0.39 is 0 Å². The van der Waals surface area contributed by atoms with Gasteiger partial charge in [0.1, 0.15) is 12.1 Å². The van der Waals surface area contributed by atoms with Gasteiger partial charge in [-0.05, 0) is 30.9 Å². The van der Waals surface area contributed by atoms with E-state index in [1.165, 1.54) is 0 Å². The monoisotopic (exact) mass is 353 g/mol. The van der Waals surface area contributed by atoms with Crippen LogP contribution < -0.4 is 10.2 Å². The van der Waals surface area contributed by atoms with Crippen molar-refractivity contribution < 1.29 is 4.79 Å². The van der Waals surface area contributed by atoms with Crippen LogP contribution in [0.25, 0.3) is 0 Å². The average molecular weight is 353 g/mol. The molecule has 2 aromatic heterocycles. The van der Waals surface area contributed by atoms with Crippen molar-refractivity contribution in [3.05, 3.63) is 41.1 Å². The predicted molar refractivity (Wildman–Crippen MR) is 103 cm³/mol. The van der Waals surface area contributed by atoms with Crippen LogP contribution in [0, 0.1) is 19.3 Å². The summed E-state index contributed by atoms with van der Waals surface area (Å²) in [6.45, 7) is 11.8. The van der Waals surface area contributed by atoms with Crippen LogP contribution in [-0.2, 0) is 17.8 Å². The number of aryl methyl sites for hydroxylation is 2. The van der Waals surface area contributed by atoms with Gasteiger partial charge in [-0.2, -0.15) is 0 Å². The molecule has 0 unspecified atom stereocenters. The summed E-state index contributed by atoms with van der Waals surface area (Å²) >= 11 is 0. The zero-order chi connectivity index (χ0) is 18.9. The number of anilines is 2. The number of nitrogens with one attached hydrogen (secondary N) is 1. The van der Waals surface area contributed by atoms with Crippen LogP contribution in [0.4, 0.5) is 11.5 Å². The number of carbonyl (C=O) groups is 1. The number of carbonyl (C=O) groups excluding carboxylic acids is 1. The molecule has 138 valence electrons. The molecule has 2 aromatic rings. The van der Waals surface area contributed by atoms with Crippen molar-refractivity contribution in [1.82, 2.24) is 15.0 Å². The summed E-state index contributed by atoms with van der Waals surface area (Å²) in [5, 5.41) is 3.04. The molecule has 0 saturated heterocycles. The van der Waals surface area contributed by atoms with Crippen LogP contribution in [-0.4, -0.2) is 27.4 Å². The van der Waals surface area contributed by atoms with Gasteiger partial charge in [0.2, 0.25) is 5.91 Å². The normalized spacial score (nSPS) is 14.1. The maximum Gasteiger partial charge on any atom is 0.224 e. The molecule has 0 atom stereocenters. The molecule has 1 N–H and O–H groups in total. The fourth-order valence-corrected chi connectivity index (χ4v) is 3.29. The Labute approximate surface area is 155 Å². The number of amides is 1. The summed E-state index contributed by atoms with van der Waals surface area (Å²) in [6, 6.07) is 2.05. The standard InChI is InChI=1S/C20H27N5O/c1-13-8-17(25-7-6-16-15(11-25)10-21-12-22-16)23-14(2)19(13)24-18(26)9-20(3,4)5/h8,10,12H,6-7,9,11H2,1-5H3,(H,24,26). The molecule has 0 fully saturated rings. The first-order valence-electron chi connectivity index (χ1n) is 9.04. The van der Waals surface area contributed by atoms with E-state index in [2.05, 4.69) is 47.0 Å². The molecule has 0 saturated carbocycles. The van der Waals surface area contributed by atoms with E-state index in [0.29, 0.717) is 6.42 Å². The molecule has 3 rings (SSSR count). The molecular formula is C20H27N5O. The average Bonchev–Trinajstić information content (AvgIpc) is 2.56. The lowest BCUT2D eigenvalue weighted by molar-refractivity contribution is -0.117. The highest BCUT2D eigenvalue weighted by atomic mass is 16.1. The molecule has 0 aromatic carbocycles. The van der Waals surface area contributed by atoms with Crippen molar-refractivity contribution in [2.24, 2.45) is 5.41 Å². The van der Waals surface area contributed by atoms with Crippen LogP contribution in [0.15, 0.2) is 18.6 Å². The van der Waals surface area contributed by atoms with Gasteiger partial charge in [0, 0.05) is 37.7 Å². The molecule has 0 bridgehead atoms. The van der Waals surface area contributed by atoms with Crippen LogP contribution >= 0.6 is 0 Å². The van der Waals surface area contributed by atoms with Crippen LogP contribution in [0.2, 0.25) is 0 Å². The van der Waals surface area contributed by atoms with E-state index in [9.17, 15) is 4.79 Å². The van der Waals surface area contributed by atoms with Gasteiger partial charge in [-0.3, -0.25) is 4.79 Å². The number of rotatable bonds is 3. The molecule has 1 aliphatic rings. The Hall–Kier alpha value is -2.50. The van der Waals surface area contributed by atoms with Gasteiger partial charge in [0.05, 0.1) is 17.1 Å². The molecule has 6 heteroatoms. The maximum absolute atomic E-state index is 12.3. The second-order valence-corrected chi connectivity index (χ2v) is 8.21. The predicted octanol–water partition coefficient (Wildman–Crippen LogP) is 3.43. The highest BCUT2D eigenvalue weighted by molar-refractivity contribution is 5.92. The molecular weight excluding hydrogens is 326 g/mol. The van der Waals surface area contributed by atoms with Gasteiger partial charge in [-0.15, -0.1) is 0 Å². The zero-order valence-electron chi connectivity index (χ0n) is 16.3. The third-order valence-electron chi connectivity index (χ3n) is 4.52. The van der Waals surface area contributed by atoms with Crippen molar-refractivity contribution in [2.45, 2.75) is 54.0 Å². The lowest BCUT2D eigenvalue weighted by Crippen LogP contribution is -2.32. The van der Waals surface area contributed by atoms with E-state index in [1.807, 2.05) is 20.0 Å².